The minimum atomic E-state index is 0.801. The highest BCUT2D eigenvalue weighted by Crippen LogP contribution is 2.28. The summed E-state index contributed by atoms with van der Waals surface area (Å²) in [6.07, 6.45) is 0. The van der Waals surface area contributed by atoms with Gasteiger partial charge in [0, 0.05) is 23.1 Å². The molecule has 3 heteroatoms. The Morgan fingerprint density at radius 1 is 0.724 bits per heavy atom. The minimum Gasteiger partial charge on any atom is -0.497 e. The first-order valence-electron chi connectivity index (χ1n) is 9.57. The summed E-state index contributed by atoms with van der Waals surface area (Å²) in [4.78, 5) is 3.56. The number of benzene rings is 4. The normalized spacial score (nSPS) is 11.8. The maximum atomic E-state index is 6.43. The van der Waals surface area contributed by atoms with Crippen LogP contribution in [0.5, 0.6) is 5.75 Å². The summed E-state index contributed by atoms with van der Waals surface area (Å²) in [5.41, 5.74) is 2.90. The molecule has 29 heavy (non-hydrogen) atoms. The van der Waals surface area contributed by atoms with Crippen molar-refractivity contribution in [2.75, 3.05) is 7.11 Å². The Hall–Kier alpha value is -3.85. The summed E-state index contributed by atoms with van der Waals surface area (Å²) in [6, 6.07) is 32.7. The molecule has 0 radical (unpaired) electrons. The highest BCUT2D eigenvalue weighted by atomic mass is 16.5. The van der Waals surface area contributed by atoms with Crippen molar-refractivity contribution >= 4 is 27.4 Å². The third-order valence-electron chi connectivity index (χ3n) is 5.08. The van der Waals surface area contributed by atoms with Gasteiger partial charge in [-0.3, -0.25) is 0 Å². The van der Waals surface area contributed by atoms with E-state index < -0.39 is 0 Å². The van der Waals surface area contributed by atoms with Crippen LogP contribution in [0.3, 0.4) is 0 Å². The van der Waals surface area contributed by atoms with Gasteiger partial charge in [0.25, 0.3) is 0 Å². The van der Waals surface area contributed by atoms with Crippen LogP contribution in [0.4, 0.5) is 5.69 Å². The second kappa shape index (κ2) is 7.28. The number of hydrogen-bond donors (Lipinski definition) is 1. The van der Waals surface area contributed by atoms with E-state index in [-0.39, 0.29) is 0 Å². The molecule has 0 aliphatic carbocycles. The fraction of sp³-hybridized carbons (Fsp3) is 0.0385. The van der Waals surface area contributed by atoms with Crippen molar-refractivity contribution in [1.29, 1.82) is 0 Å². The lowest BCUT2D eigenvalue weighted by Crippen LogP contribution is -2.70. The smallest absolute Gasteiger partial charge is 0.218 e. The van der Waals surface area contributed by atoms with Crippen LogP contribution in [0.15, 0.2) is 101 Å². The number of hydrogen-bond acceptors (Lipinski definition) is 2. The van der Waals surface area contributed by atoms with Gasteiger partial charge in [0.05, 0.1) is 18.6 Å². The monoisotopic (exact) mass is 378 g/mol. The van der Waals surface area contributed by atoms with Crippen molar-refractivity contribution in [2.24, 2.45) is 0 Å². The van der Waals surface area contributed by atoms with Crippen LogP contribution in [-0.2, 0) is 0 Å². The van der Waals surface area contributed by atoms with Crippen molar-refractivity contribution in [2.45, 2.75) is 0 Å². The average molecular weight is 378 g/mol. The second-order valence-electron chi connectivity index (χ2n) is 6.91. The molecule has 0 unspecified atom stereocenters. The van der Waals surface area contributed by atoms with Gasteiger partial charge in [-0.15, -0.1) is 0 Å². The van der Waals surface area contributed by atoms with Crippen molar-refractivity contribution in [3.05, 3.63) is 102 Å². The Morgan fingerprint density at radius 3 is 2.28 bits per heavy atom. The molecule has 3 nitrogen and oxygen atoms in total. The number of nitrogens with one attached hydrogen (secondary N) is 1. The third kappa shape index (κ3) is 3.27. The predicted octanol–water partition coefficient (Wildman–Crippen LogP) is 4.57. The molecular weight excluding hydrogens is 358 g/mol. The molecule has 0 atom stereocenters. The van der Waals surface area contributed by atoms with Gasteiger partial charge in [-0.2, -0.15) is 0 Å². The van der Waals surface area contributed by atoms with E-state index in [0.29, 0.717) is 0 Å². The van der Waals surface area contributed by atoms with Crippen molar-refractivity contribution in [1.82, 2.24) is 0 Å². The number of ether oxygens (including phenoxy) is 1. The van der Waals surface area contributed by atoms with Gasteiger partial charge < -0.3 is 9.15 Å². The first kappa shape index (κ1) is 17.3. The lowest BCUT2D eigenvalue weighted by molar-refractivity contribution is -0.400. The Balaban J connectivity index is 1.84. The van der Waals surface area contributed by atoms with E-state index >= 15 is 0 Å². The van der Waals surface area contributed by atoms with Gasteiger partial charge in [0.2, 0.25) is 11.0 Å². The molecule has 4 aromatic carbocycles. The Bertz CT molecular complexity index is 1370. The zero-order valence-electron chi connectivity index (χ0n) is 16.1. The molecule has 0 aliphatic heterocycles. The summed E-state index contributed by atoms with van der Waals surface area (Å²) in [5, 5.41) is 4.30. The van der Waals surface area contributed by atoms with E-state index in [4.69, 9.17) is 9.15 Å². The molecule has 1 aromatic heterocycles. The molecule has 140 valence electrons. The summed E-state index contributed by atoms with van der Waals surface area (Å²) < 4.78 is 11.7. The first-order chi connectivity index (χ1) is 14.3. The largest absolute Gasteiger partial charge is 0.497 e. The molecule has 0 saturated carbocycles. The molecule has 5 rings (SSSR count). The lowest BCUT2D eigenvalue weighted by atomic mass is 10.1. The molecule has 1 N–H and O–H groups in total. The zero-order valence-corrected chi connectivity index (χ0v) is 16.1. The zero-order chi connectivity index (χ0) is 19.6. The van der Waals surface area contributed by atoms with Crippen LogP contribution in [0.2, 0.25) is 0 Å². The van der Waals surface area contributed by atoms with Crippen LogP contribution < -0.4 is 15.1 Å². The van der Waals surface area contributed by atoms with E-state index in [1.165, 1.54) is 0 Å². The van der Waals surface area contributed by atoms with Gasteiger partial charge in [-0.1, -0.05) is 48.5 Å². The van der Waals surface area contributed by atoms with Crippen LogP contribution in [0, 0.1) is 0 Å². The summed E-state index contributed by atoms with van der Waals surface area (Å²) in [5.74, 6) is 1.62. The number of para-hydroxylation sites is 1. The Morgan fingerprint density at radius 2 is 1.48 bits per heavy atom. The van der Waals surface area contributed by atoms with Gasteiger partial charge in [-0.25, -0.2) is 4.99 Å². The summed E-state index contributed by atoms with van der Waals surface area (Å²) >= 11 is 0. The number of rotatable bonds is 3. The van der Waals surface area contributed by atoms with Crippen LogP contribution in [0.1, 0.15) is 0 Å². The quantitative estimate of drug-likeness (QED) is 0.467. The van der Waals surface area contributed by atoms with Crippen LogP contribution >= 0.6 is 0 Å². The molecule has 0 bridgehead atoms. The van der Waals surface area contributed by atoms with Gasteiger partial charge in [0.1, 0.15) is 17.1 Å². The standard InChI is InChI=1S/C26H19NO2/c1-28-21-14-11-19(12-15-21)25-17-24(27-20-8-3-2-4-9-20)23-16-13-18-7-5-6-10-22(18)26(23)29-25/h2-17H,1H3/p+1. The van der Waals surface area contributed by atoms with Crippen LogP contribution in [-0.4, -0.2) is 7.11 Å². The van der Waals surface area contributed by atoms with E-state index in [1.54, 1.807) is 7.11 Å². The van der Waals surface area contributed by atoms with Crippen LogP contribution in [0.25, 0.3) is 33.1 Å². The Kier molecular flexibility index (Phi) is 4.34. The molecular formula is C26H20NO2+. The minimum absolute atomic E-state index is 0.801. The SMILES string of the molecule is COc1ccc(-c2cc(=[NH+]c3ccccc3)c3ccc4ccccc4c3o2)cc1. The number of fused-ring (bicyclic) bond motifs is 3. The summed E-state index contributed by atoms with van der Waals surface area (Å²) in [6.45, 7) is 0. The van der Waals surface area contributed by atoms with Gasteiger partial charge in [-0.05, 0) is 35.7 Å². The molecule has 0 amide bonds. The third-order valence-corrected chi connectivity index (χ3v) is 5.08. The molecule has 1 heterocycles. The fourth-order valence-electron chi connectivity index (χ4n) is 3.59. The molecule has 0 fully saturated rings. The number of methoxy groups -OCH3 is 1. The van der Waals surface area contributed by atoms with Crippen molar-refractivity contribution < 1.29 is 14.1 Å². The van der Waals surface area contributed by atoms with E-state index in [1.807, 2.05) is 54.6 Å². The molecule has 0 spiro atoms. The lowest BCUT2D eigenvalue weighted by Gasteiger charge is -2.07. The van der Waals surface area contributed by atoms with E-state index in [9.17, 15) is 0 Å². The highest BCUT2D eigenvalue weighted by molar-refractivity contribution is 6.04. The van der Waals surface area contributed by atoms with Gasteiger partial charge >= 0.3 is 0 Å². The maximum absolute atomic E-state index is 6.43. The van der Waals surface area contributed by atoms with E-state index in [0.717, 1.165) is 49.9 Å². The molecule has 0 saturated heterocycles. The predicted molar refractivity (Wildman–Crippen MR) is 116 cm³/mol. The fourth-order valence-corrected chi connectivity index (χ4v) is 3.59. The first-order valence-corrected chi connectivity index (χ1v) is 9.57. The Labute approximate surface area is 168 Å². The topological polar surface area (TPSA) is 36.3 Å². The van der Waals surface area contributed by atoms with Gasteiger partial charge in [0.15, 0.2) is 0 Å². The molecule has 5 aromatic rings. The van der Waals surface area contributed by atoms with Crippen molar-refractivity contribution in [3.63, 3.8) is 0 Å². The van der Waals surface area contributed by atoms with Crippen molar-refractivity contribution in [3.8, 4) is 17.1 Å². The highest BCUT2D eigenvalue weighted by Gasteiger charge is 2.12. The average Bonchev–Trinajstić information content (AvgIpc) is 2.79. The maximum Gasteiger partial charge on any atom is 0.218 e. The second-order valence-corrected chi connectivity index (χ2v) is 6.91. The molecule has 0 aliphatic rings. The summed E-state index contributed by atoms with van der Waals surface area (Å²) in [7, 11) is 1.67. The van der Waals surface area contributed by atoms with E-state index in [2.05, 4.69) is 47.5 Å².